The third kappa shape index (κ3) is 5.08. The molecule has 1 aromatic carbocycles. The molecule has 0 aliphatic rings. The summed E-state index contributed by atoms with van der Waals surface area (Å²) in [6.45, 7) is 4.64. The van der Waals surface area contributed by atoms with E-state index in [0.29, 0.717) is 13.2 Å². The number of anilines is 1. The summed E-state index contributed by atoms with van der Waals surface area (Å²) in [5.74, 6) is 0. The molecule has 0 aliphatic heterocycles. The van der Waals surface area contributed by atoms with E-state index in [2.05, 4.69) is 5.32 Å². The SMILES string of the molecule is CCOC(CNc1ccccc1C(F)(F)F)OCC. The van der Waals surface area contributed by atoms with E-state index in [1.165, 1.54) is 12.1 Å². The molecular formula is C13H18F3NO2. The number of ether oxygens (including phenoxy) is 2. The van der Waals surface area contributed by atoms with Gasteiger partial charge in [-0.15, -0.1) is 0 Å². The van der Waals surface area contributed by atoms with Crippen molar-refractivity contribution in [2.45, 2.75) is 26.3 Å². The summed E-state index contributed by atoms with van der Waals surface area (Å²) in [6.07, 6.45) is -4.94. The molecule has 0 saturated carbocycles. The third-order valence-corrected chi connectivity index (χ3v) is 2.40. The molecule has 0 unspecified atom stereocenters. The second-order valence-corrected chi connectivity index (χ2v) is 3.76. The Morgan fingerprint density at radius 1 is 1.11 bits per heavy atom. The van der Waals surface area contributed by atoms with Crippen LogP contribution in [0.4, 0.5) is 18.9 Å². The lowest BCUT2D eigenvalue weighted by atomic mass is 10.1. The van der Waals surface area contributed by atoms with E-state index in [9.17, 15) is 13.2 Å². The zero-order valence-corrected chi connectivity index (χ0v) is 11.0. The standard InChI is InChI=1S/C13H18F3NO2/c1-3-18-12(19-4-2)9-17-11-8-6-5-7-10(11)13(14,15)16/h5-8,12,17H,3-4,9H2,1-2H3. The zero-order valence-electron chi connectivity index (χ0n) is 11.0. The molecule has 0 atom stereocenters. The highest BCUT2D eigenvalue weighted by Crippen LogP contribution is 2.34. The Labute approximate surface area is 110 Å². The summed E-state index contributed by atoms with van der Waals surface area (Å²) in [7, 11) is 0. The van der Waals surface area contributed by atoms with Gasteiger partial charge in [0.25, 0.3) is 0 Å². The van der Waals surface area contributed by atoms with Crippen molar-refractivity contribution in [3.05, 3.63) is 29.8 Å². The van der Waals surface area contributed by atoms with Crippen molar-refractivity contribution >= 4 is 5.69 Å². The lowest BCUT2D eigenvalue weighted by Crippen LogP contribution is -2.27. The highest BCUT2D eigenvalue weighted by atomic mass is 19.4. The van der Waals surface area contributed by atoms with E-state index < -0.39 is 18.0 Å². The molecule has 1 aromatic rings. The van der Waals surface area contributed by atoms with Crippen molar-refractivity contribution in [3.8, 4) is 0 Å². The Morgan fingerprint density at radius 2 is 1.68 bits per heavy atom. The van der Waals surface area contributed by atoms with E-state index in [-0.39, 0.29) is 12.2 Å². The molecule has 19 heavy (non-hydrogen) atoms. The van der Waals surface area contributed by atoms with Crippen molar-refractivity contribution in [1.29, 1.82) is 0 Å². The van der Waals surface area contributed by atoms with Crippen LogP contribution < -0.4 is 5.32 Å². The van der Waals surface area contributed by atoms with Crippen LogP contribution in [0.3, 0.4) is 0 Å². The molecule has 0 radical (unpaired) electrons. The van der Waals surface area contributed by atoms with Gasteiger partial charge in [0.2, 0.25) is 0 Å². The van der Waals surface area contributed by atoms with Gasteiger partial charge < -0.3 is 14.8 Å². The Kier molecular flexibility index (Phi) is 6.11. The first-order chi connectivity index (χ1) is 8.99. The number of halogens is 3. The summed E-state index contributed by atoms with van der Waals surface area (Å²) in [6, 6.07) is 5.33. The average Bonchev–Trinajstić information content (AvgIpc) is 2.36. The van der Waals surface area contributed by atoms with Gasteiger partial charge in [0.15, 0.2) is 6.29 Å². The van der Waals surface area contributed by atoms with Crippen molar-refractivity contribution in [1.82, 2.24) is 0 Å². The number of para-hydroxylation sites is 1. The van der Waals surface area contributed by atoms with Crippen molar-refractivity contribution < 1.29 is 22.6 Å². The molecule has 0 saturated heterocycles. The maximum atomic E-state index is 12.8. The minimum absolute atomic E-state index is 0.0272. The topological polar surface area (TPSA) is 30.5 Å². The maximum Gasteiger partial charge on any atom is 0.418 e. The van der Waals surface area contributed by atoms with Gasteiger partial charge in [-0.3, -0.25) is 0 Å². The minimum Gasteiger partial charge on any atom is -0.379 e. The molecule has 0 fully saturated rings. The third-order valence-electron chi connectivity index (χ3n) is 2.40. The Balaban J connectivity index is 2.71. The predicted molar refractivity (Wildman–Crippen MR) is 67.0 cm³/mol. The van der Waals surface area contributed by atoms with E-state index >= 15 is 0 Å². The Hall–Kier alpha value is -1.27. The maximum absolute atomic E-state index is 12.8. The van der Waals surface area contributed by atoms with Crippen LogP contribution in [0.15, 0.2) is 24.3 Å². The molecule has 1 N–H and O–H groups in total. The van der Waals surface area contributed by atoms with Gasteiger partial charge >= 0.3 is 6.18 Å². The fraction of sp³-hybridized carbons (Fsp3) is 0.538. The Bertz CT molecular complexity index is 376. The van der Waals surface area contributed by atoms with Crippen LogP contribution in [0.5, 0.6) is 0 Å². The molecule has 1 rings (SSSR count). The van der Waals surface area contributed by atoms with Crippen LogP contribution in [0, 0.1) is 0 Å². The van der Waals surface area contributed by atoms with Gasteiger partial charge in [-0.25, -0.2) is 0 Å². The summed E-state index contributed by atoms with van der Waals surface area (Å²) in [5.41, 5.74) is -0.666. The van der Waals surface area contributed by atoms with Gasteiger partial charge in [0, 0.05) is 18.9 Å². The average molecular weight is 277 g/mol. The predicted octanol–water partition coefficient (Wildman–Crippen LogP) is 3.52. The zero-order chi connectivity index (χ0) is 14.3. The number of alkyl halides is 3. The summed E-state index contributed by atoms with van der Waals surface area (Å²) in [5, 5.41) is 2.72. The van der Waals surface area contributed by atoms with Gasteiger partial charge in [-0.2, -0.15) is 13.2 Å². The molecule has 0 bridgehead atoms. The summed E-state index contributed by atoms with van der Waals surface area (Å²) in [4.78, 5) is 0. The lowest BCUT2D eigenvalue weighted by molar-refractivity contribution is -0.137. The lowest BCUT2D eigenvalue weighted by Gasteiger charge is -2.20. The summed E-state index contributed by atoms with van der Waals surface area (Å²) < 4.78 is 48.8. The van der Waals surface area contributed by atoms with E-state index in [0.717, 1.165) is 6.07 Å². The minimum atomic E-state index is -4.38. The van der Waals surface area contributed by atoms with Crippen LogP contribution in [0.1, 0.15) is 19.4 Å². The normalized spacial score (nSPS) is 11.9. The quantitative estimate of drug-likeness (QED) is 0.774. The molecule has 0 amide bonds. The molecule has 0 aliphatic carbocycles. The van der Waals surface area contributed by atoms with E-state index in [4.69, 9.17) is 9.47 Å². The second kappa shape index (κ2) is 7.35. The molecule has 3 nitrogen and oxygen atoms in total. The second-order valence-electron chi connectivity index (χ2n) is 3.76. The van der Waals surface area contributed by atoms with Gasteiger partial charge in [0.1, 0.15) is 0 Å². The van der Waals surface area contributed by atoms with Gasteiger partial charge in [-0.05, 0) is 26.0 Å². The van der Waals surface area contributed by atoms with E-state index in [1.54, 1.807) is 19.9 Å². The first kappa shape index (κ1) is 15.8. The molecule has 6 heteroatoms. The van der Waals surface area contributed by atoms with Crippen LogP contribution >= 0.6 is 0 Å². The van der Waals surface area contributed by atoms with Gasteiger partial charge in [-0.1, -0.05) is 12.1 Å². The smallest absolute Gasteiger partial charge is 0.379 e. The monoisotopic (exact) mass is 277 g/mol. The van der Waals surface area contributed by atoms with Crippen LogP contribution in [0.25, 0.3) is 0 Å². The van der Waals surface area contributed by atoms with E-state index in [1.807, 2.05) is 0 Å². The van der Waals surface area contributed by atoms with Crippen LogP contribution in [0.2, 0.25) is 0 Å². The van der Waals surface area contributed by atoms with Crippen molar-refractivity contribution in [2.24, 2.45) is 0 Å². The van der Waals surface area contributed by atoms with Crippen LogP contribution in [-0.2, 0) is 15.7 Å². The fourth-order valence-corrected chi connectivity index (χ4v) is 1.62. The highest BCUT2D eigenvalue weighted by Gasteiger charge is 2.33. The summed E-state index contributed by atoms with van der Waals surface area (Å²) >= 11 is 0. The fourth-order valence-electron chi connectivity index (χ4n) is 1.62. The Morgan fingerprint density at radius 3 is 2.21 bits per heavy atom. The number of nitrogens with one attached hydrogen (secondary N) is 1. The molecular weight excluding hydrogens is 259 g/mol. The number of rotatable bonds is 7. The molecule has 0 heterocycles. The van der Waals surface area contributed by atoms with Crippen LogP contribution in [-0.4, -0.2) is 26.0 Å². The largest absolute Gasteiger partial charge is 0.418 e. The first-order valence-electron chi connectivity index (χ1n) is 6.12. The van der Waals surface area contributed by atoms with Crippen molar-refractivity contribution in [3.63, 3.8) is 0 Å². The first-order valence-corrected chi connectivity index (χ1v) is 6.12. The molecule has 108 valence electrons. The molecule has 0 aromatic heterocycles. The number of benzene rings is 1. The molecule has 0 spiro atoms. The number of hydrogen-bond donors (Lipinski definition) is 1. The van der Waals surface area contributed by atoms with Gasteiger partial charge in [0.05, 0.1) is 12.1 Å². The van der Waals surface area contributed by atoms with Crippen molar-refractivity contribution in [2.75, 3.05) is 25.1 Å². The number of hydrogen-bond acceptors (Lipinski definition) is 3. The highest BCUT2D eigenvalue weighted by molar-refractivity contribution is 5.52.